The van der Waals surface area contributed by atoms with Crippen LogP contribution in [-0.4, -0.2) is 35.9 Å². The van der Waals surface area contributed by atoms with Gasteiger partial charge in [-0.05, 0) is 19.8 Å². The lowest BCUT2D eigenvalue weighted by molar-refractivity contribution is -0.141. The topological polar surface area (TPSA) is 55.3 Å². The summed E-state index contributed by atoms with van der Waals surface area (Å²) in [5, 5.41) is 9.74. The maximum absolute atomic E-state index is 11.5. The van der Waals surface area contributed by atoms with Crippen LogP contribution in [0.2, 0.25) is 0 Å². The highest BCUT2D eigenvalue weighted by molar-refractivity contribution is 7.15. The molecule has 2 heterocycles. The van der Waals surface area contributed by atoms with Crippen LogP contribution in [0.5, 0.6) is 0 Å². The molecule has 0 amide bonds. The average molecular weight is 227 g/mol. The highest BCUT2D eigenvalue weighted by Gasteiger charge is 2.33. The lowest BCUT2D eigenvalue weighted by Crippen LogP contribution is -2.36. The van der Waals surface area contributed by atoms with E-state index in [9.17, 15) is 4.79 Å². The number of rotatable bonds is 2. The Kier molecular flexibility index (Phi) is 2.86. The monoisotopic (exact) mass is 227 g/mol. The molecule has 0 N–H and O–H groups in total. The fraction of sp³-hybridized carbons (Fsp3) is 0.667. The normalized spacial score (nSPS) is 20.7. The Morgan fingerprint density at radius 3 is 3.00 bits per heavy atom. The number of aryl methyl sites for hydroxylation is 1. The lowest BCUT2D eigenvalue weighted by atomic mass is 10.2. The van der Waals surface area contributed by atoms with Crippen LogP contribution >= 0.6 is 11.3 Å². The highest BCUT2D eigenvalue weighted by Crippen LogP contribution is 2.28. The van der Waals surface area contributed by atoms with Crippen molar-refractivity contribution in [2.75, 3.05) is 18.6 Å². The fourth-order valence-corrected chi connectivity index (χ4v) is 2.54. The summed E-state index contributed by atoms with van der Waals surface area (Å²) in [5.74, 6) is -0.180. The quantitative estimate of drug-likeness (QED) is 0.705. The zero-order valence-corrected chi connectivity index (χ0v) is 9.58. The van der Waals surface area contributed by atoms with Gasteiger partial charge in [0.25, 0.3) is 0 Å². The third kappa shape index (κ3) is 1.94. The average Bonchev–Trinajstić information content (AvgIpc) is 2.84. The first-order valence-electron chi connectivity index (χ1n) is 4.87. The second-order valence-electron chi connectivity index (χ2n) is 3.48. The number of carbonyl (C=O) groups excluding carboxylic acids is 1. The Labute approximate surface area is 92.1 Å². The Bertz CT molecular complexity index is 366. The molecule has 82 valence electrons. The Hall–Kier alpha value is -1.17. The van der Waals surface area contributed by atoms with Crippen molar-refractivity contribution < 1.29 is 9.53 Å². The summed E-state index contributed by atoms with van der Waals surface area (Å²) in [6, 6.07) is -0.178. The molecule has 2 rings (SSSR count). The minimum absolute atomic E-state index is 0.178. The molecule has 1 atom stereocenters. The number of anilines is 1. The molecule has 0 spiro atoms. The standard InChI is InChI=1S/C9H13N3O2S/c1-6-10-11-9(15-6)12-5-3-4-7(12)8(13)14-2/h7H,3-5H2,1-2H3. The number of aromatic nitrogens is 2. The molecule has 1 aliphatic heterocycles. The highest BCUT2D eigenvalue weighted by atomic mass is 32.1. The van der Waals surface area contributed by atoms with Gasteiger partial charge in [-0.2, -0.15) is 0 Å². The number of methoxy groups -OCH3 is 1. The molecule has 5 nitrogen and oxygen atoms in total. The summed E-state index contributed by atoms with van der Waals surface area (Å²) in [6.45, 7) is 2.76. The Morgan fingerprint density at radius 1 is 1.60 bits per heavy atom. The summed E-state index contributed by atoms with van der Waals surface area (Å²) in [4.78, 5) is 13.5. The fourth-order valence-electron chi connectivity index (χ4n) is 1.78. The minimum Gasteiger partial charge on any atom is -0.467 e. The number of nitrogens with zero attached hydrogens (tertiary/aromatic N) is 3. The molecular weight excluding hydrogens is 214 g/mol. The molecule has 1 saturated heterocycles. The van der Waals surface area contributed by atoms with E-state index < -0.39 is 0 Å². The van der Waals surface area contributed by atoms with Gasteiger partial charge < -0.3 is 9.64 Å². The van der Waals surface area contributed by atoms with Crippen LogP contribution in [0, 0.1) is 6.92 Å². The van der Waals surface area contributed by atoms with Crippen molar-refractivity contribution in [2.24, 2.45) is 0 Å². The summed E-state index contributed by atoms with van der Waals surface area (Å²) < 4.78 is 4.77. The van der Waals surface area contributed by atoms with Gasteiger partial charge in [0.2, 0.25) is 5.13 Å². The van der Waals surface area contributed by atoms with Gasteiger partial charge in [0.1, 0.15) is 11.0 Å². The van der Waals surface area contributed by atoms with E-state index >= 15 is 0 Å². The van der Waals surface area contributed by atoms with Crippen LogP contribution in [0.15, 0.2) is 0 Å². The van der Waals surface area contributed by atoms with E-state index in [0.717, 1.165) is 29.5 Å². The largest absolute Gasteiger partial charge is 0.467 e. The summed E-state index contributed by atoms with van der Waals surface area (Å²) in [7, 11) is 1.42. The van der Waals surface area contributed by atoms with Gasteiger partial charge in [-0.1, -0.05) is 11.3 Å². The second kappa shape index (κ2) is 4.14. The van der Waals surface area contributed by atoms with Crippen molar-refractivity contribution in [3.8, 4) is 0 Å². The SMILES string of the molecule is COC(=O)C1CCCN1c1nnc(C)s1. The zero-order chi connectivity index (χ0) is 10.8. The molecule has 0 radical (unpaired) electrons. The first-order chi connectivity index (χ1) is 7.22. The number of hydrogen-bond acceptors (Lipinski definition) is 6. The Balaban J connectivity index is 2.18. The minimum atomic E-state index is -0.180. The van der Waals surface area contributed by atoms with Gasteiger partial charge in [-0.25, -0.2) is 4.79 Å². The predicted octanol–water partition coefficient (Wildman–Crippen LogP) is 0.988. The molecule has 1 unspecified atom stereocenters. The first-order valence-corrected chi connectivity index (χ1v) is 5.68. The van der Waals surface area contributed by atoms with E-state index in [0.29, 0.717) is 0 Å². The summed E-state index contributed by atoms with van der Waals surface area (Å²) >= 11 is 1.51. The molecule has 1 aromatic rings. The zero-order valence-electron chi connectivity index (χ0n) is 8.77. The molecule has 1 fully saturated rings. The van der Waals surface area contributed by atoms with Crippen LogP contribution in [-0.2, 0) is 9.53 Å². The van der Waals surface area contributed by atoms with Crippen LogP contribution in [0.1, 0.15) is 17.8 Å². The van der Waals surface area contributed by atoms with Crippen molar-refractivity contribution in [2.45, 2.75) is 25.8 Å². The van der Waals surface area contributed by atoms with E-state index in [-0.39, 0.29) is 12.0 Å². The van der Waals surface area contributed by atoms with Gasteiger partial charge >= 0.3 is 5.97 Å². The smallest absolute Gasteiger partial charge is 0.328 e. The maximum atomic E-state index is 11.5. The second-order valence-corrected chi connectivity index (χ2v) is 4.64. The van der Waals surface area contributed by atoms with Crippen molar-refractivity contribution >= 4 is 22.4 Å². The lowest BCUT2D eigenvalue weighted by Gasteiger charge is -2.20. The van der Waals surface area contributed by atoms with Crippen molar-refractivity contribution in [3.05, 3.63) is 5.01 Å². The molecule has 0 bridgehead atoms. The Morgan fingerprint density at radius 2 is 2.40 bits per heavy atom. The number of carbonyl (C=O) groups is 1. The maximum Gasteiger partial charge on any atom is 0.328 e. The molecule has 0 aromatic carbocycles. The molecule has 0 saturated carbocycles. The molecule has 1 aliphatic rings. The van der Waals surface area contributed by atoms with Crippen molar-refractivity contribution in [1.82, 2.24) is 10.2 Å². The third-order valence-corrected chi connectivity index (χ3v) is 3.36. The van der Waals surface area contributed by atoms with Gasteiger partial charge in [0.15, 0.2) is 0 Å². The van der Waals surface area contributed by atoms with Gasteiger partial charge in [0, 0.05) is 6.54 Å². The van der Waals surface area contributed by atoms with Gasteiger partial charge in [-0.15, -0.1) is 10.2 Å². The number of hydrogen-bond donors (Lipinski definition) is 0. The number of ether oxygens (including phenoxy) is 1. The van der Waals surface area contributed by atoms with E-state index in [1.54, 1.807) is 0 Å². The molecular formula is C9H13N3O2S. The van der Waals surface area contributed by atoms with Crippen LogP contribution < -0.4 is 4.90 Å². The molecule has 6 heteroatoms. The van der Waals surface area contributed by atoms with Crippen molar-refractivity contribution in [1.29, 1.82) is 0 Å². The van der Waals surface area contributed by atoms with Crippen LogP contribution in [0.3, 0.4) is 0 Å². The summed E-state index contributed by atoms with van der Waals surface area (Å²) in [5.41, 5.74) is 0. The van der Waals surface area contributed by atoms with E-state index in [1.165, 1.54) is 18.4 Å². The van der Waals surface area contributed by atoms with Gasteiger partial charge in [0.05, 0.1) is 7.11 Å². The molecule has 0 aliphatic carbocycles. The third-order valence-electron chi connectivity index (χ3n) is 2.49. The van der Waals surface area contributed by atoms with Crippen molar-refractivity contribution in [3.63, 3.8) is 0 Å². The number of esters is 1. The predicted molar refractivity (Wildman–Crippen MR) is 57.0 cm³/mol. The van der Waals surface area contributed by atoms with Crippen LogP contribution in [0.25, 0.3) is 0 Å². The summed E-state index contributed by atoms with van der Waals surface area (Å²) in [6.07, 6.45) is 1.84. The van der Waals surface area contributed by atoms with E-state index in [1.807, 2.05) is 11.8 Å². The van der Waals surface area contributed by atoms with E-state index in [4.69, 9.17) is 4.74 Å². The van der Waals surface area contributed by atoms with E-state index in [2.05, 4.69) is 10.2 Å². The molecule has 15 heavy (non-hydrogen) atoms. The first kappa shape index (κ1) is 10.4. The molecule has 1 aromatic heterocycles. The van der Waals surface area contributed by atoms with Crippen LogP contribution in [0.4, 0.5) is 5.13 Å². The van der Waals surface area contributed by atoms with Gasteiger partial charge in [-0.3, -0.25) is 0 Å².